The Hall–Kier alpha value is -3.41. The molecule has 0 heterocycles. The lowest BCUT2D eigenvalue weighted by Crippen LogP contribution is -2.30. The molecule has 0 aromatic rings. The van der Waals surface area contributed by atoms with E-state index in [0.717, 1.165) is 103 Å². The fraction of sp³-hybridized carbons (Fsp3) is 0.696. The zero-order valence-corrected chi connectivity index (χ0v) is 40.4. The summed E-state index contributed by atoms with van der Waals surface area (Å²) in [5.41, 5.74) is 0. The zero-order chi connectivity index (χ0) is 45.1. The molecule has 0 aromatic heterocycles. The van der Waals surface area contributed by atoms with Gasteiger partial charge in [-0.1, -0.05) is 209 Å². The van der Waals surface area contributed by atoms with Gasteiger partial charge in [0.15, 0.2) is 6.10 Å². The first-order chi connectivity index (χ1) is 30.5. The van der Waals surface area contributed by atoms with Crippen molar-refractivity contribution in [3.05, 3.63) is 85.1 Å². The molecule has 6 heteroatoms. The number of rotatable bonds is 45. The highest BCUT2D eigenvalue weighted by Gasteiger charge is 2.19. The summed E-state index contributed by atoms with van der Waals surface area (Å²) in [6.07, 6.45) is 64.2. The second-order valence-corrected chi connectivity index (χ2v) is 16.7. The summed E-state index contributed by atoms with van der Waals surface area (Å²) in [7, 11) is 0. The Morgan fingerprint density at radius 1 is 0.339 bits per heavy atom. The number of ether oxygens (including phenoxy) is 3. The minimum Gasteiger partial charge on any atom is -0.462 e. The van der Waals surface area contributed by atoms with Gasteiger partial charge in [0, 0.05) is 19.3 Å². The summed E-state index contributed by atoms with van der Waals surface area (Å²) in [6, 6.07) is 0. The number of esters is 3. The second-order valence-electron chi connectivity index (χ2n) is 16.7. The van der Waals surface area contributed by atoms with Gasteiger partial charge in [0.1, 0.15) is 13.2 Å². The van der Waals surface area contributed by atoms with Gasteiger partial charge in [-0.25, -0.2) is 0 Å². The Balaban J connectivity index is 4.51. The largest absolute Gasteiger partial charge is 0.462 e. The van der Waals surface area contributed by atoms with Gasteiger partial charge >= 0.3 is 17.9 Å². The number of carbonyl (C=O) groups is 3. The molecule has 0 rings (SSSR count). The van der Waals surface area contributed by atoms with E-state index in [4.69, 9.17) is 14.2 Å². The zero-order valence-electron chi connectivity index (χ0n) is 40.4. The first-order valence-corrected chi connectivity index (χ1v) is 25.6. The third-order valence-electron chi connectivity index (χ3n) is 10.6. The van der Waals surface area contributed by atoms with Gasteiger partial charge in [0.05, 0.1) is 0 Å². The molecule has 0 saturated carbocycles. The molecular weight excluding hydrogens is 769 g/mol. The maximum atomic E-state index is 12.8. The summed E-state index contributed by atoms with van der Waals surface area (Å²) in [5.74, 6) is -0.977. The summed E-state index contributed by atoms with van der Waals surface area (Å²) in [5, 5.41) is 0. The lowest BCUT2D eigenvalue weighted by molar-refractivity contribution is -0.167. The highest BCUT2D eigenvalue weighted by molar-refractivity contribution is 5.71. The lowest BCUT2D eigenvalue weighted by atomic mass is 10.0. The Morgan fingerprint density at radius 2 is 0.645 bits per heavy atom. The first kappa shape index (κ1) is 58.6. The fourth-order valence-corrected chi connectivity index (χ4v) is 6.80. The van der Waals surface area contributed by atoms with E-state index in [-0.39, 0.29) is 37.5 Å². The molecule has 0 saturated heterocycles. The van der Waals surface area contributed by atoms with E-state index in [1.54, 1.807) is 0 Å². The van der Waals surface area contributed by atoms with Gasteiger partial charge in [-0.2, -0.15) is 0 Å². The van der Waals surface area contributed by atoms with Crippen LogP contribution in [0.5, 0.6) is 0 Å². The molecule has 0 aliphatic rings. The van der Waals surface area contributed by atoms with Crippen LogP contribution in [0.15, 0.2) is 85.1 Å². The van der Waals surface area contributed by atoms with Crippen molar-refractivity contribution >= 4 is 17.9 Å². The van der Waals surface area contributed by atoms with Gasteiger partial charge in [0.2, 0.25) is 0 Å². The minimum absolute atomic E-state index is 0.103. The lowest BCUT2D eigenvalue weighted by Gasteiger charge is -2.18. The van der Waals surface area contributed by atoms with E-state index in [2.05, 4.69) is 106 Å². The Morgan fingerprint density at radius 3 is 1.06 bits per heavy atom. The maximum absolute atomic E-state index is 12.8. The predicted molar refractivity (Wildman–Crippen MR) is 265 cm³/mol. The molecular formula is C56H94O6. The number of unbranched alkanes of at least 4 members (excludes halogenated alkanes) is 20. The topological polar surface area (TPSA) is 78.9 Å². The molecule has 0 unspecified atom stereocenters. The van der Waals surface area contributed by atoms with Crippen molar-refractivity contribution < 1.29 is 28.6 Å². The van der Waals surface area contributed by atoms with E-state index in [1.807, 2.05) is 0 Å². The molecule has 0 aromatic carbocycles. The van der Waals surface area contributed by atoms with Gasteiger partial charge in [0.25, 0.3) is 0 Å². The smallest absolute Gasteiger partial charge is 0.306 e. The van der Waals surface area contributed by atoms with Crippen LogP contribution in [0.4, 0.5) is 0 Å². The molecule has 0 bridgehead atoms. The molecule has 0 fully saturated rings. The molecule has 0 N–H and O–H groups in total. The summed E-state index contributed by atoms with van der Waals surface area (Å²) in [6.45, 7) is 6.43. The highest BCUT2D eigenvalue weighted by Crippen LogP contribution is 2.14. The van der Waals surface area contributed by atoms with E-state index in [0.29, 0.717) is 19.3 Å². The molecule has 0 radical (unpaired) electrons. The Bertz CT molecular complexity index is 1220. The van der Waals surface area contributed by atoms with Crippen LogP contribution in [-0.4, -0.2) is 37.2 Å². The van der Waals surface area contributed by atoms with Crippen molar-refractivity contribution in [3.63, 3.8) is 0 Å². The Labute approximate surface area is 382 Å². The quantitative estimate of drug-likeness (QED) is 0.0263. The van der Waals surface area contributed by atoms with E-state index < -0.39 is 6.10 Å². The van der Waals surface area contributed by atoms with Crippen molar-refractivity contribution in [2.45, 2.75) is 239 Å². The minimum atomic E-state index is -0.810. The standard InChI is InChI=1S/C56H94O6/c1-4-7-10-13-16-19-22-25-27-28-30-32-35-38-41-44-47-50-56(59)62-53(51-60-54(57)48-45-42-39-36-33-24-21-18-15-12-9-6-3)52-61-55(58)49-46-43-40-37-34-31-29-26-23-20-17-14-11-8-5-2/h7,10,16-17,19-20,25-27,29-30,32,38,41,53H,4-6,8-9,11-15,18,21-24,28,31,33-37,39-40,42-52H2,1-3H3/b10-7-,19-16-,20-17-,27-25-,29-26-,32-30-,41-38-/t53-/m0/s1. The maximum Gasteiger partial charge on any atom is 0.306 e. The molecule has 62 heavy (non-hydrogen) atoms. The second kappa shape index (κ2) is 50.2. The van der Waals surface area contributed by atoms with Crippen molar-refractivity contribution in [2.75, 3.05) is 13.2 Å². The van der Waals surface area contributed by atoms with Crippen molar-refractivity contribution in [1.29, 1.82) is 0 Å². The van der Waals surface area contributed by atoms with E-state index >= 15 is 0 Å². The molecule has 0 spiro atoms. The van der Waals surface area contributed by atoms with Crippen LogP contribution in [0.25, 0.3) is 0 Å². The molecule has 0 aliphatic heterocycles. The van der Waals surface area contributed by atoms with Crippen LogP contribution in [0.2, 0.25) is 0 Å². The summed E-state index contributed by atoms with van der Waals surface area (Å²) >= 11 is 0. The van der Waals surface area contributed by atoms with Crippen molar-refractivity contribution in [2.24, 2.45) is 0 Å². The number of hydrogen-bond acceptors (Lipinski definition) is 6. The van der Waals surface area contributed by atoms with Crippen molar-refractivity contribution in [1.82, 2.24) is 0 Å². The normalized spacial score (nSPS) is 12.8. The third-order valence-corrected chi connectivity index (χ3v) is 10.6. The Kier molecular flexibility index (Phi) is 47.5. The summed E-state index contributed by atoms with van der Waals surface area (Å²) < 4.78 is 16.7. The average Bonchev–Trinajstić information content (AvgIpc) is 3.27. The van der Waals surface area contributed by atoms with E-state index in [9.17, 15) is 14.4 Å². The SMILES string of the molecule is CC/C=C\C/C=C\C/C=C\C/C=C\C/C=C\CCCC(=O)O[C@H](COC(=O)CCCCCCC/C=C\C/C=C\CCCCC)COC(=O)CCCCCCCCCCCCCC. The third kappa shape index (κ3) is 47.6. The van der Waals surface area contributed by atoms with Crippen LogP contribution in [-0.2, 0) is 28.6 Å². The molecule has 0 amide bonds. The summed E-state index contributed by atoms with van der Waals surface area (Å²) in [4.78, 5) is 37.9. The van der Waals surface area contributed by atoms with Gasteiger partial charge < -0.3 is 14.2 Å². The average molecular weight is 863 g/mol. The van der Waals surface area contributed by atoms with Gasteiger partial charge in [-0.05, 0) is 89.9 Å². The van der Waals surface area contributed by atoms with E-state index in [1.165, 1.54) is 83.5 Å². The molecule has 6 nitrogen and oxygen atoms in total. The van der Waals surface area contributed by atoms with Crippen LogP contribution in [0, 0.1) is 0 Å². The monoisotopic (exact) mass is 863 g/mol. The highest BCUT2D eigenvalue weighted by atomic mass is 16.6. The van der Waals surface area contributed by atoms with Crippen molar-refractivity contribution in [3.8, 4) is 0 Å². The fourth-order valence-electron chi connectivity index (χ4n) is 6.80. The molecule has 1 atom stereocenters. The number of allylic oxidation sites excluding steroid dienone is 14. The van der Waals surface area contributed by atoms with Crippen LogP contribution >= 0.6 is 0 Å². The number of carbonyl (C=O) groups excluding carboxylic acids is 3. The van der Waals surface area contributed by atoms with Crippen LogP contribution in [0.3, 0.4) is 0 Å². The molecule has 0 aliphatic carbocycles. The van der Waals surface area contributed by atoms with Gasteiger partial charge in [-0.15, -0.1) is 0 Å². The van der Waals surface area contributed by atoms with Crippen LogP contribution < -0.4 is 0 Å². The molecule has 354 valence electrons. The van der Waals surface area contributed by atoms with Crippen LogP contribution in [0.1, 0.15) is 233 Å². The number of hydrogen-bond donors (Lipinski definition) is 0. The predicted octanol–water partition coefficient (Wildman–Crippen LogP) is 16.8. The van der Waals surface area contributed by atoms with Gasteiger partial charge in [-0.3, -0.25) is 14.4 Å². The first-order valence-electron chi connectivity index (χ1n) is 25.6.